The summed E-state index contributed by atoms with van der Waals surface area (Å²) >= 11 is 0. The Hall–Kier alpha value is -4.14. The summed E-state index contributed by atoms with van der Waals surface area (Å²) in [5.41, 5.74) is 6.70. The summed E-state index contributed by atoms with van der Waals surface area (Å²) in [5.74, 6) is -1.01. The van der Waals surface area contributed by atoms with Crippen LogP contribution in [0.4, 0.5) is 4.79 Å². The summed E-state index contributed by atoms with van der Waals surface area (Å²) < 4.78 is 15.9. The number of benzene rings is 2. The standard InChI is InChI=1S/C22H20N2O7/c1-12-9-19(25)31-18-10-16(7-8-17(12)18)29-11-14-3-5-15(6-4-14)21(27)30-13(2)20(26)24-22(23)28/h3-10,13H,11H2,1-2H3,(H3,23,24,26,28). The minimum absolute atomic E-state index is 0.217. The van der Waals surface area contributed by atoms with Crippen LogP contribution in [0.1, 0.15) is 28.4 Å². The zero-order chi connectivity index (χ0) is 22.5. The number of amides is 3. The lowest BCUT2D eigenvalue weighted by Crippen LogP contribution is -2.42. The summed E-state index contributed by atoms with van der Waals surface area (Å²) in [6, 6.07) is 12.1. The normalized spacial score (nSPS) is 11.5. The van der Waals surface area contributed by atoms with E-state index in [-0.39, 0.29) is 12.2 Å². The molecule has 3 amide bonds. The van der Waals surface area contributed by atoms with Crippen LogP contribution in [0.3, 0.4) is 0 Å². The molecule has 3 aromatic rings. The second-order valence-corrected chi connectivity index (χ2v) is 6.79. The highest BCUT2D eigenvalue weighted by molar-refractivity contribution is 5.98. The van der Waals surface area contributed by atoms with Gasteiger partial charge < -0.3 is 19.6 Å². The number of nitrogens with one attached hydrogen (secondary N) is 1. The van der Waals surface area contributed by atoms with Gasteiger partial charge in [0.05, 0.1) is 5.56 Å². The Balaban J connectivity index is 1.61. The third-order valence-corrected chi connectivity index (χ3v) is 4.42. The maximum Gasteiger partial charge on any atom is 0.338 e. The van der Waals surface area contributed by atoms with Crippen molar-refractivity contribution in [1.82, 2.24) is 5.32 Å². The summed E-state index contributed by atoms with van der Waals surface area (Å²) in [4.78, 5) is 45.9. The molecule has 31 heavy (non-hydrogen) atoms. The molecule has 1 atom stereocenters. The molecule has 0 aliphatic carbocycles. The molecular formula is C22H20N2O7. The van der Waals surface area contributed by atoms with Gasteiger partial charge in [-0.1, -0.05) is 12.1 Å². The third-order valence-electron chi connectivity index (χ3n) is 4.42. The SMILES string of the molecule is Cc1cc(=O)oc2cc(OCc3ccc(C(=O)OC(C)C(=O)NC(N)=O)cc3)ccc12. The molecule has 160 valence electrons. The minimum Gasteiger partial charge on any atom is -0.489 e. The number of esters is 1. The Morgan fingerprint density at radius 1 is 1.10 bits per heavy atom. The molecule has 1 aromatic heterocycles. The van der Waals surface area contributed by atoms with Gasteiger partial charge in [0.15, 0.2) is 6.10 Å². The number of hydrogen-bond acceptors (Lipinski definition) is 7. The van der Waals surface area contributed by atoms with E-state index in [9.17, 15) is 19.2 Å². The Bertz CT molecular complexity index is 1200. The lowest BCUT2D eigenvalue weighted by molar-refractivity contribution is -0.127. The van der Waals surface area contributed by atoms with E-state index in [0.29, 0.717) is 11.3 Å². The van der Waals surface area contributed by atoms with Crippen molar-refractivity contribution in [2.24, 2.45) is 5.73 Å². The van der Waals surface area contributed by atoms with E-state index >= 15 is 0 Å². The van der Waals surface area contributed by atoms with Crippen molar-refractivity contribution in [3.05, 3.63) is 75.6 Å². The van der Waals surface area contributed by atoms with Gasteiger partial charge in [-0.2, -0.15) is 0 Å². The molecule has 2 aromatic carbocycles. The van der Waals surface area contributed by atoms with E-state index in [0.717, 1.165) is 16.5 Å². The van der Waals surface area contributed by atoms with Gasteiger partial charge in [0, 0.05) is 17.5 Å². The fraction of sp³-hybridized carbons (Fsp3) is 0.182. The first-order valence-electron chi connectivity index (χ1n) is 9.30. The molecule has 3 rings (SSSR count). The molecule has 0 radical (unpaired) electrons. The van der Waals surface area contributed by atoms with Gasteiger partial charge in [-0.05, 0) is 49.2 Å². The number of primary amides is 1. The Morgan fingerprint density at radius 2 is 1.81 bits per heavy atom. The smallest absolute Gasteiger partial charge is 0.338 e. The van der Waals surface area contributed by atoms with Gasteiger partial charge in [0.25, 0.3) is 5.91 Å². The number of carbonyl (C=O) groups excluding carboxylic acids is 3. The van der Waals surface area contributed by atoms with Gasteiger partial charge in [0.2, 0.25) is 0 Å². The van der Waals surface area contributed by atoms with E-state index in [1.165, 1.54) is 25.1 Å². The number of imide groups is 1. The Kier molecular flexibility index (Phi) is 6.35. The van der Waals surface area contributed by atoms with E-state index in [1.54, 1.807) is 24.3 Å². The van der Waals surface area contributed by atoms with Crippen LogP contribution in [-0.2, 0) is 16.1 Å². The van der Waals surface area contributed by atoms with Gasteiger partial charge in [0.1, 0.15) is 17.9 Å². The quantitative estimate of drug-likeness (QED) is 0.458. The zero-order valence-corrected chi connectivity index (χ0v) is 16.8. The molecule has 3 N–H and O–H groups in total. The predicted molar refractivity (Wildman–Crippen MR) is 111 cm³/mol. The molecule has 0 saturated heterocycles. The van der Waals surface area contributed by atoms with Crippen molar-refractivity contribution in [2.45, 2.75) is 26.6 Å². The van der Waals surface area contributed by atoms with Crippen molar-refractivity contribution < 1.29 is 28.3 Å². The van der Waals surface area contributed by atoms with Crippen LogP contribution in [0.5, 0.6) is 5.75 Å². The molecule has 0 spiro atoms. The van der Waals surface area contributed by atoms with Crippen LogP contribution in [0.2, 0.25) is 0 Å². The molecular weight excluding hydrogens is 404 g/mol. The average molecular weight is 424 g/mol. The number of urea groups is 1. The van der Waals surface area contributed by atoms with Crippen LogP contribution in [0.25, 0.3) is 11.0 Å². The summed E-state index contributed by atoms with van der Waals surface area (Å²) in [5, 5.41) is 2.67. The van der Waals surface area contributed by atoms with E-state index < -0.39 is 29.6 Å². The van der Waals surface area contributed by atoms with Crippen LogP contribution in [-0.4, -0.2) is 24.0 Å². The van der Waals surface area contributed by atoms with Crippen molar-refractivity contribution in [3.63, 3.8) is 0 Å². The van der Waals surface area contributed by atoms with E-state index in [4.69, 9.17) is 19.6 Å². The highest BCUT2D eigenvalue weighted by Crippen LogP contribution is 2.23. The highest BCUT2D eigenvalue weighted by Gasteiger charge is 2.20. The molecule has 0 fully saturated rings. The summed E-state index contributed by atoms with van der Waals surface area (Å²) in [6.45, 7) is 3.37. The van der Waals surface area contributed by atoms with Gasteiger partial charge in [-0.25, -0.2) is 14.4 Å². The van der Waals surface area contributed by atoms with Gasteiger partial charge >= 0.3 is 17.6 Å². The number of fused-ring (bicyclic) bond motifs is 1. The largest absolute Gasteiger partial charge is 0.489 e. The summed E-state index contributed by atoms with van der Waals surface area (Å²) in [6.07, 6.45) is -1.18. The van der Waals surface area contributed by atoms with Crippen molar-refractivity contribution in [3.8, 4) is 5.75 Å². The van der Waals surface area contributed by atoms with E-state index in [2.05, 4.69) is 0 Å². The third kappa shape index (κ3) is 5.47. The number of ether oxygens (including phenoxy) is 2. The average Bonchev–Trinajstić information content (AvgIpc) is 2.71. The van der Waals surface area contributed by atoms with E-state index in [1.807, 2.05) is 18.3 Å². The fourth-order valence-electron chi connectivity index (χ4n) is 2.80. The monoisotopic (exact) mass is 424 g/mol. The van der Waals surface area contributed by atoms with Crippen LogP contribution in [0.15, 0.2) is 57.7 Å². The number of carbonyl (C=O) groups is 3. The van der Waals surface area contributed by atoms with Crippen molar-refractivity contribution in [2.75, 3.05) is 0 Å². The van der Waals surface area contributed by atoms with Crippen LogP contribution >= 0.6 is 0 Å². The number of aryl methyl sites for hydroxylation is 1. The molecule has 9 heteroatoms. The molecule has 1 heterocycles. The molecule has 0 bridgehead atoms. The van der Waals surface area contributed by atoms with Crippen molar-refractivity contribution in [1.29, 1.82) is 0 Å². The minimum atomic E-state index is -1.18. The zero-order valence-electron chi connectivity index (χ0n) is 16.8. The van der Waals surface area contributed by atoms with Crippen molar-refractivity contribution >= 4 is 28.9 Å². The first-order valence-corrected chi connectivity index (χ1v) is 9.30. The number of nitrogens with two attached hydrogens (primary N) is 1. The second-order valence-electron chi connectivity index (χ2n) is 6.79. The lowest BCUT2D eigenvalue weighted by atomic mass is 10.1. The predicted octanol–water partition coefficient (Wildman–Crippen LogP) is 2.42. The maximum atomic E-state index is 12.1. The topological polar surface area (TPSA) is 138 Å². The maximum absolute atomic E-state index is 12.1. The number of hydrogen-bond donors (Lipinski definition) is 2. The molecule has 9 nitrogen and oxygen atoms in total. The Labute approximate surface area is 176 Å². The lowest BCUT2D eigenvalue weighted by Gasteiger charge is -2.12. The first kappa shape index (κ1) is 21.6. The molecule has 1 unspecified atom stereocenters. The van der Waals surface area contributed by atoms with Crippen LogP contribution in [0, 0.1) is 6.92 Å². The van der Waals surface area contributed by atoms with Gasteiger partial charge in [-0.15, -0.1) is 0 Å². The molecule has 0 aliphatic rings. The fourth-order valence-corrected chi connectivity index (χ4v) is 2.80. The molecule has 0 aliphatic heterocycles. The number of rotatable bonds is 6. The highest BCUT2D eigenvalue weighted by atomic mass is 16.5. The molecule has 0 saturated carbocycles. The summed E-state index contributed by atoms with van der Waals surface area (Å²) in [7, 11) is 0. The Morgan fingerprint density at radius 3 is 2.48 bits per heavy atom. The second kappa shape index (κ2) is 9.12. The van der Waals surface area contributed by atoms with Gasteiger partial charge in [-0.3, -0.25) is 10.1 Å². The van der Waals surface area contributed by atoms with Crippen LogP contribution < -0.4 is 21.4 Å². The first-order chi connectivity index (χ1) is 14.7.